The van der Waals surface area contributed by atoms with E-state index in [-0.39, 0.29) is 5.56 Å². The van der Waals surface area contributed by atoms with Gasteiger partial charge in [0.1, 0.15) is 6.61 Å². The zero-order valence-electron chi connectivity index (χ0n) is 8.30. The lowest BCUT2D eigenvalue weighted by atomic mass is 10.1. The molecule has 15 heavy (non-hydrogen) atoms. The smallest absolute Gasteiger partial charge is 0.335 e. The Morgan fingerprint density at radius 3 is 2.93 bits per heavy atom. The monoisotopic (exact) mass is 205 g/mol. The van der Waals surface area contributed by atoms with Crippen LogP contribution in [0.5, 0.6) is 0 Å². The predicted molar refractivity (Wildman–Crippen MR) is 56.0 cm³/mol. The van der Waals surface area contributed by atoms with E-state index < -0.39 is 5.97 Å². The molecule has 0 saturated heterocycles. The zero-order chi connectivity index (χ0) is 10.8. The SMILES string of the molecule is CCOn1ccc2cc(C(=O)O)ccc21. The Morgan fingerprint density at radius 1 is 1.47 bits per heavy atom. The second kappa shape index (κ2) is 3.65. The van der Waals surface area contributed by atoms with Crippen LogP contribution in [0.4, 0.5) is 0 Å². The van der Waals surface area contributed by atoms with Crippen molar-refractivity contribution >= 4 is 16.9 Å². The summed E-state index contributed by atoms with van der Waals surface area (Å²) in [5.41, 5.74) is 1.17. The molecule has 0 spiro atoms. The summed E-state index contributed by atoms with van der Waals surface area (Å²) < 4.78 is 1.64. The zero-order valence-corrected chi connectivity index (χ0v) is 8.30. The molecule has 4 nitrogen and oxygen atoms in total. The lowest BCUT2D eigenvalue weighted by molar-refractivity contribution is 0.0697. The number of rotatable bonds is 3. The molecular formula is C11H11NO3. The summed E-state index contributed by atoms with van der Waals surface area (Å²) in [6, 6.07) is 6.78. The van der Waals surface area contributed by atoms with Crippen molar-refractivity contribution in [1.82, 2.24) is 4.73 Å². The maximum absolute atomic E-state index is 10.7. The van der Waals surface area contributed by atoms with Crippen molar-refractivity contribution in [3.63, 3.8) is 0 Å². The molecule has 0 unspecified atom stereocenters. The Hall–Kier alpha value is -1.97. The summed E-state index contributed by atoms with van der Waals surface area (Å²) >= 11 is 0. The molecule has 0 saturated carbocycles. The van der Waals surface area contributed by atoms with E-state index in [4.69, 9.17) is 9.94 Å². The molecule has 2 rings (SSSR count). The molecule has 4 heteroatoms. The van der Waals surface area contributed by atoms with E-state index in [1.807, 2.05) is 13.0 Å². The minimum atomic E-state index is -0.916. The number of carboxylic acids is 1. The van der Waals surface area contributed by atoms with Gasteiger partial charge in [-0.3, -0.25) is 0 Å². The second-order valence-electron chi connectivity index (χ2n) is 3.14. The van der Waals surface area contributed by atoms with Crippen LogP contribution in [0.2, 0.25) is 0 Å². The normalized spacial score (nSPS) is 10.5. The fraction of sp³-hybridized carbons (Fsp3) is 0.182. The van der Waals surface area contributed by atoms with Crippen LogP contribution in [-0.4, -0.2) is 22.4 Å². The van der Waals surface area contributed by atoms with Crippen LogP contribution in [0.3, 0.4) is 0 Å². The van der Waals surface area contributed by atoms with E-state index >= 15 is 0 Å². The standard InChI is InChI=1S/C11H11NO3/c1-2-15-12-6-5-8-7-9(11(13)14)3-4-10(8)12/h3-7H,2H2,1H3,(H,13,14). The number of fused-ring (bicyclic) bond motifs is 1. The lowest BCUT2D eigenvalue weighted by Crippen LogP contribution is -2.08. The average Bonchev–Trinajstić information content (AvgIpc) is 2.61. The molecule has 0 fully saturated rings. The number of aromatic nitrogens is 1. The number of nitrogens with zero attached hydrogens (tertiary/aromatic N) is 1. The first-order valence-corrected chi connectivity index (χ1v) is 4.70. The van der Waals surface area contributed by atoms with Gasteiger partial charge in [0.05, 0.1) is 11.1 Å². The molecule has 0 atom stereocenters. The molecule has 1 heterocycles. The second-order valence-corrected chi connectivity index (χ2v) is 3.14. The molecule has 0 amide bonds. The van der Waals surface area contributed by atoms with Gasteiger partial charge in [0.2, 0.25) is 0 Å². The van der Waals surface area contributed by atoms with Crippen molar-refractivity contribution in [3.8, 4) is 0 Å². The number of carboxylic acid groups (broad SMARTS) is 1. The number of carbonyl (C=O) groups is 1. The van der Waals surface area contributed by atoms with Crippen LogP contribution in [0.25, 0.3) is 10.9 Å². The summed E-state index contributed by atoms with van der Waals surface area (Å²) in [6.07, 6.45) is 1.78. The third-order valence-corrected chi connectivity index (χ3v) is 2.17. The van der Waals surface area contributed by atoms with Crippen LogP contribution >= 0.6 is 0 Å². The Morgan fingerprint density at radius 2 is 2.27 bits per heavy atom. The minimum Gasteiger partial charge on any atom is -0.478 e. The summed E-state index contributed by atoms with van der Waals surface area (Å²) in [5, 5.41) is 9.68. The van der Waals surface area contributed by atoms with E-state index in [1.165, 1.54) is 0 Å². The molecule has 0 aliphatic carbocycles. The van der Waals surface area contributed by atoms with Crippen molar-refractivity contribution in [2.45, 2.75) is 6.92 Å². The van der Waals surface area contributed by atoms with Gasteiger partial charge in [0, 0.05) is 11.6 Å². The highest BCUT2D eigenvalue weighted by Gasteiger charge is 2.06. The van der Waals surface area contributed by atoms with Crippen molar-refractivity contribution in [1.29, 1.82) is 0 Å². The van der Waals surface area contributed by atoms with E-state index in [1.54, 1.807) is 29.1 Å². The average molecular weight is 205 g/mol. The topological polar surface area (TPSA) is 51.5 Å². The molecule has 0 aliphatic heterocycles. The van der Waals surface area contributed by atoms with Crippen LogP contribution in [0.1, 0.15) is 17.3 Å². The summed E-state index contributed by atoms with van der Waals surface area (Å²) in [6.45, 7) is 2.47. The van der Waals surface area contributed by atoms with Crippen LogP contribution in [0, 0.1) is 0 Å². The van der Waals surface area contributed by atoms with E-state index in [0.29, 0.717) is 6.61 Å². The van der Waals surface area contributed by atoms with E-state index in [2.05, 4.69) is 0 Å². The van der Waals surface area contributed by atoms with E-state index in [9.17, 15) is 4.79 Å². The third kappa shape index (κ3) is 1.66. The largest absolute Gasteiger partial charge is 0.478 e. The van der Waals surface area contributed by atoms with Gasteiger partial charge >= 0.3 is 5.97 Å². The highest BCUT2D eigenvalue weighted by molar-refractivity contribution is 5.93. The van der Waals surface area contributed by atoms with Gasteiger partial charge in [-0.1, -0.05) is 0 Å². The quantitative estimate of drug-likeness (QED) is 0.831. The number of hydrogen-bond acceptors (Lipinski definition) is 2. The van der Waals surface area contributed by atoms with Gasteiger partial charge in [-0.25, -0.2) is 4.79 Å². The molecule has 0 aliphatic rings. The number of benzene rings is 1. The highest BCUT2D eigenvalue weighted by atomic mass is 16.7. The summed E-state index contributed by atoms with van der Waals surface area (Å²) in [7, 11) is 0. The lowest BCUT2D eigenvalue weighted by Gasteiger charge is -2.04. The van der Waals surface area contributed by atoms with Gasteiger partial charge in [0.15, 0.2) is 0 Å². The highest BCUT2D eigenvalue weighted by Crippen LogP contribution is 2.16. The Bertz CT molecular complexity index is 502. The predicted octanol–water partition coefficient (Wildman–Crippen LogP) is 1.79. The molecule has 0 bridgehead atoms. The van der Waals surface area contributed by atoms with Crippen LogP contribution < -0.4 is 4.84 Å². The third-order valence-electron chi connectivity index (χ3n) is 2.17. The van der Waals surface area contributed by atoms with Gasteiger partial charge in [-0.2, -0.15) is 4.73 Å². The van der Waals surface area contributed by atoms with Crippen molar-refractivity contribution in [2.75, 3.05) is 6.61 Å². The number of aromatic carboxylic acids is 1. The minimum absolute atomic E-state index is 0.289. The fourth-order valence-electron chi connectivity index (χ4n) is 1.50. The van der Waals surface area contributed by atoms with E-state index in [0.717, 1.165) is 10.9 Å². The molecule has 1 aromatic heterocycles. The maximum atomic E-state index is 10.7. The van der Waals surface area contributed by atoms with Gasteiger partial charge in [-0.15, -0.1) is 0 Å². The van der Waals surface area contributed by atoms with Gasteiger partial charge in [0.25, 0.3) is 0 Å². The number of hydrogen-bond donors (Lipinski definition) is 1. The molecule has 2 aromatic rings. The molecular weight excluding hydrogens is 194 g/mol. The Labute approximate surface area is 86.7 Å². The van der Waals surface area contributed by atoms with Crippen molar-refractivity contribution < 1.29 is 14.7 Å². The maximum Gasteiger partial charge on any atom is 0.335 e. The van der Waals surface area contributed by atoms with Crippen LogP contribution in [-0.2, 0) is 0 Å². The van der Waals surface area contributed by atoms with Gasteiger partial charge in [-0.05, 0) is 31.2 Å². The fourth-order valence-corrected chi connectivity index (χ4v) is 1.50. The molecule has 78 valence electrons. The first kappa shape index (κ1) is 9.58. The van der Waals surface area contributed by atoms with Gasteiger partial charge < -0.3 is 9.94 Å². The first-order chi connectivity index (χ1) is 7.22. The van der Waals surface area contributed by atoms with Crippen LogP contribution in [0.15, 0.2) is 30.5 Å². The molecule has 1 N–H and O–H groups in total. The molecule has 1 aromatic carbocycles. The Kier molecular flexibility index (Phi) is 2.33. The Balaban J connectivity index is 2.51. The van der Waals surface area contributed by atoms with Crippen molar-refractivity contribution in [3.05, 3.63) is 36.0 Å². The summed E-state index contributed by atoms with van der Waals surface area (Å²) in [4.78, 5) is 16.1. The van der Waals surface area contributed by atoms with Crippen molar-refractivity contribution in [2.24, 2.45) is 0 Å². The molecule has 0 radical (unpaired) electrons. The first-order valence-electron chi connectivity index (χ1n) is 4.70. The summed E-state index contributed by atoms with van der Waals surface area (Å²) in [5.74, 6) is -0.916.